The maximum Gasteiger partial charge on any atom is 0.328 e. The maximum atomic E-state index is 13.3. The molecule has 33 heavy (non-hydrogen) atoms. The predicted octanol–water partition coefficient (Wildman–Crippen LogP) is 5.38. The van der Waals surface area contributed by atoms with E-state index in [0.717, 1.165) is 22.7 Å². The van der Waals surface area contributed by atoms with Crippen molar-refractivity contribution in [2.24, 2.45) is 5.92 Å². The number of urea groups is 1. The van der Waals surface area contributed by atoms with Gasteiger partial charge in [-0.05, 0) is 43.9 Å². The zero-order chi connectivity index (χ0) is 23.6. The number of ether oxygens (including phenoxy) is 1. The predicted molar refractivity (Wildman–Crippen MR) is 133 cm³/mol. The molecule has 0 unspecified atom stereocenters. The molecule has 0 saturated heterocycles. The van der Waals surface area contributed by atoms with Crippen molar-refractivity contribution in [1.82, 2.24) is 4.98 Å². The van der Waals surface area contributed by atoms with E-state index in [0.29, 0.717) is 29.9 Å². The first-order valence-corrected chi connectivity index (χ1v) is 12.9. The van der Waals surface area contributed by atoms with Gasteiger partial charge in [-0.2, -0.15) is 0 Å². The molecule has 10 heteroatoms. The summed E-state index contributed by atoms with van der Waals surface area (Å²) in [4.78, 5) is 42.4. The Morgan fingerprint density at radius 1 is 1.21 bits per heavy atom. The topological polar surface area (TPSA) is 101 Å². The Bertz CT molecular complexity index is 959. The van der Waals surface area contributed by atoms with E-state index in [1.807, 2.05) is 18.2 Å². The van der Waals surface area contributed by atoms with Gasteiger partial charge in [0.15, 0.2) is 5.13 Å². The van der Waals surface area contributed by atoms with Gasteiger partial charge in [0.05, 0.1) is 22.8 Å². The number of anilines is 3. The largest absolute Gasteiger partial charge is 0.465 e. The molecule has 1 saturated carbocycles. The van der Waals surface area contributed by atoms with Crippen LogP contribution in [0.15, 0.2) is 34.7 Å². The summed E-state index contributed by atoms with van der Waals surface area (Å²) in [5, 5.41) is 6.15. The monoisotopic (exact) mass is 490 g/mol. The van der Waals surface area contributed by atoms with Crippen molar-refractivity contribution in [3.8, 4) is 0 Å². The lowest BCUT2D eigenvalue weighted by Crippen LogP contribution is -2.39. The molecule has 2 N–H and O–H groups in total. The van der Waals surface area contributed by atoms with Gasteiger partial charge in [0.2, 0.25) is 5.91 Å². The molecule has 1 heterocycles. The number of benzene rings is 1. The number of aromatic nitrogens is 1. The molecule has 0 atom stereocenters. The molecule has 0 bridgehead atoms. The second kappa shape index (κ2) is 12.6. The van der Waals surface area contributed by atoms with Crippen LogP contribution < -0.4 is 15.5 Å². The number of esters is 1. The average molecular weight is 491 g/mol. The van der Waals surface area contributed by atoms with E-state index in [1.165, 1.54) is 49.3 Å². The van der Waals surface area contributed by atoms with Crippen LogP contribution in [0.4, 0.5) is 21.3 Å². The number of nitrogens with zero attached hydrogens (tertiary/aromatic N) is 2. The molecule has 0 spiro atoms. The number of carbonyl (C=O) groups excluding carboxylic acids is 3. The van der Waals surface area contributed by atoms with E-state index in [2.05, 4.69) is 15.6 Å². The van der Waals surface area contributed by atoms with Gasteiger partial charge in [-0.15, -0.1) is 11.8 Å². The quantitative estimate of drug-likeness (QED) is 0.362. The summed E-state index contributed by atoms with van der Waals surface area (Å²) < 4.78 is 5.77. The van der Waals surface area contributed by atoms with Crippen molar-refractivity contribution < 1.29 is 19.1 Å². The highest BCUT2D eigenvalue weighted by atomic mass is 32.2. The summed E-state index contributed by atoms with van der Waals surface area (Å²) in [6.45, 7) is 4.18. The van der Waals surface area contributed by atoms with Gasteiger partial charge in [-0.1, -0.05) is 36.7 Å². The Kier molecular flexibility index (Phi) is 9.56. The Morgan fingerprint density at radius 2 is 2.00 bits per heavy atom. The van der Waals surface area contributed by atoms with Crippen molar-refractivity contribution >= 4 is 57.5 Å². The zero-order valence-corrected chi connectivity index (χ0v) is 20.6. The standard InChI is InChI=1S/C23H30N4O4S2/c1-3-31-20(29)15-32-21-13-24-22(33-21)26-23(30)27(14-17-8-5-4-6-9-17)19-11-7-10-18(12-19)25-16(2)28/h7,10-13,17H,3-6,8-9,14-15H2,1-2H3,(H,25,28)(H,24,26,30). The molecule has 1 aromatic heterocycles. The van der Waals surface area contributed by atoms with E-state index in [-0.39, 0.29) is 23.7 Å². The Morgan fingerprint density at radius 3 is 2.73 bits per heavy atom. The number of amides is 3. The van der Waals surface area contributed by atoms with Gasteiger partial charge in [0.25, 0.3) is 0 Å². The normalized spacial score (nSPS) is 13.9. The number of nitrogens with one attached hydrogen (secondary N) is 2. The Hall–Kier alpha value is -2.59. The lowest BCUT2D eigenvalue weighted by molar-refractivity contribution is -0.139. The first kappa shape index (κ1) is 25.0. The summed E-state index contributed by atoms with van der Waals surface area (Å²) in [7, 11) is 0. The third-order valence-electron chi connectivity index (χ3n) is 5.22. The molecule has 0 radical (unpaired) electrons. The minimum atomic E-state index is -0.279. The van der Waals surface area contributed by atoms with Crippen LogP contribution >= 0.6 is 23.1 Å². The minimum Gasteiger partial charge on any atom is -0.465 e. The van der Waals surface area contributed by atoms with Crippen LogP contribution in [-0.4, -0.2) is 41.8 Å². The van der Waals surface area contributed by atoms with Crippen molar-refractivity contribution in [1.29, 1.82) is 0 Å². The second-order valence-corrected chi connectivity index (χ2v) is 10.2. The molecule has 3 amide bonds. The number of rotatable bonds is 9. The van der Waals surface area contributed by atoms with Crippen LogP contribution in [0.2, 0.25) is 0 Å². The van der Waals surface area contributed by atoms with Crippen LogP contribution in [0.5, 0.6) is 0 Å². The number of thioether (sulfide) groups is 1. The fraction of sp³-hybridized carbons (Fsp3) is 0.478. The van der Waals surface area contributed by atoms with Crippen LogP contribution in [-0.2, 0) is 14.3 Å². The molecule has 1 aromatic carbocycles. The van der Waals surface area contributed by atoms with Crippen molar-refractivity contribution in [3.05, 3.63) is 30.5 Å². The van der Waals surface area contributed by atoms with Crippen LogP contribution in [0, 0.1) is 5.92 Å². The van der Waals surface area contributed by atoms with Crippen LogP contribution in [0.25, 0.3) is 0 Å². The van der Waals surface area contributed by atoms with E-state index in [4.69, 9.17) is 4.74 Å². The summed E-state index contributed by atoms with van der Waals surface area (Å²) in [5.41, 5.74) is 1.37. The summed E-state index contributed by atoms with van der Waals surface area (Å²) in [5.74, 6) is 0.193. The average Bonchev–Trinajstić information content (AvgIpc) is 3.24. The van der Waals surface area contributed by atoms with Gasteiger partial charge >= 0.3 is 12.0 Å². The molecule has 2 aromatic rings. The molecule has 1 aliphatic rings. The highest BCUT2D eigenvalue weighted by Crippen LogP contribution is 2.31. The van der Waals surface area contributed by atoms with Gasteiger partial charge < -0.3 is 10.1 Å². The Labute approximate surface area is 202 Å². The van der Waals surface area contributed by atoms with Gasteiger partial charge in [-0.25, -0.2) is 9.78 Å². The molecule has 8 nitrogen and oxygen atoms in total. The Balaban J connectivity index is 1.71. The summed E-state index contributed by atoms with van der Waals surface area (Å²) in [6, 6.07) is 7.05. The number of thiazole rings is 1. The van der Waals surface area contributed by atoms with Crippen molar-refractivity contribution in [2.75, 3.05) is 34.4 Å². The van der Waals surface area contributed by atoms with Crippen LogP contribution in [0.1, 0.15) is 46.0 Å². The first-order chi connectivity index (χ1) is 15.9. The molecule has 0 aliphatic heterocycles. The minimum absolute atomic E-state index is 0.161. The van der Waals surface area contributed by atoms with E-state index in [1.54, 1.807) is 24.1 Å². The smallest absolute Gasteiger partial charge is 0.328 e. The maximum absolute atomic E-state index is 13.3. The third-order valence-corrected chi connectivity index (χ3v) is 7.31. The lowest BCUT2D eigenvalue weighted by atomic mass is 9.89. The molecule has 3 rings (SSSR count). The molecule has 1 fully saturated rings. The summed E-state index contributed by atoms with van der Waals surface area (Å²) in [6.07, 6.45) is 7.44. The first-order valence-electron chi connectivity index (χ1n) is 11.1. The number of hydrogen-bond donors (Lipinski definition) is 2. The van der Waals surface area contributed by atoms with E-state index >= 15 is 0 Å². The number of hydrogen-bond acceptors (Lipinski definition) is 7. The fourth-order valence-corrected chi connectivity index (χ4v) is 5.42. The highest BCUT2D eigenvalue weighted by molar-refractivity contribution is 8.01. The van der Waals surface area contributed by atoms with E-state index < -0.39 is 0 Å². The van der Waals surface area contributed by atoms with Gasteiger partial charge in [-0.3, -0.25) is 19.8 Å². The van der Waals surface area contributed by atoms with Gasteiger partial charge in [0, 0.05) is 24.8 Å². The summed E-state index contributed by atoms with van der Waals surface area (Å²) >= 11 is 2.65. The molecular formula is C23H30N4O4S2. The van der Waals surface area contributed by atoms with E-state index in [9.17, 15) is 14.4 Å². The van der Waals surface area contributed by atoms with Crippen LogP contribution in [0.3, 0.4) is 0 Å². The van der Waals surface area contributed by atoms with Crippen molar-refractivity contribution in [2.45, 2.75) is 50.2 Å². The van der Waals surface area contributed by atoms with Gasteiger partial charge in [0.1, 0.15) is 0 Å². The second-order valence-electron chi connectivity index (χ2n) is 7.85. The SMILES string of the molecule is CCOC(=O)CSc1cnc(NC(=O)N(CC2CCCCC2)c2cccc(NC(C)=O)c2)s1. The molecular weight excluding hydrogens is 460 g/mol. The highest BCUT2D eigenvalue weighted by Gasteiger charge is 2.23. The third kappa shape index (κ3) is 8.04. The molecule has 178 valence electrons. The lowest BCUT2D eigenvalue weighted by Gasteiger charge is -2.30. The molecule has 1 aliphatic carbocycles. The van der Waals surface area contributed by atoms with Crippen molar-refractivity contribution in [3.63, 3.8) is 0 Å². The fourth-order valence-electron chi connectivity index (χ4n) is 3.76. The zero-order valence-electron chi connectivity index (χ0n) is 19.0. The number of carbonyl (C=O) groups is 3.